The van der Waals surface area contributed by atoms with Gasteiger partial charge in [0.1, 0.15) is 0 Å². The van der Waals surface area contributed by atoms with Crippen LogP contribution in [0, 0.1) is 68.8 Å². The first-order chi connectivity index (χ1) is 57.2. The van der Waals surface area contributed by atoms with Crippen molar-refractivity contribution in [3.8, 4) is 67.5 Å². The Kier molecular flexibility index (Phi) is 26.2. The smallest absolute Gasteiger partial charge is 0.259 e. The monoisotopic (exact) mass is 2710 g/mol. The molecule has 0 atom stereocenters. The van der Waals surface area contributed by atoms with E-state index in [1.165, 1.54) is 101 Å². The average Bonchev–Trinajstić information content (AvgIpc) is 0.728. The van der Waals surface area contributed by atoms with Gasteiger partial charge in [-0.2, -0.15) is 23.3 Å². The topological polar surface area (TPSA) is 129 Å². The second-order valence-corrected chi connectivity index (χ2v) is 33.9. The third-order valence-electron chi connectivity index (χ3n) is 25.3. The molecule has 0 bridgehead atoms. The Labute approximate surface area is 805 Å². The average molecular weight is 2710 g/mol. The first kappa shape index (κ1) is 93.1. The number of aromatic nitrogens is 10. The fourth-order valence-electron chi connectivity index (χ4n) is 19.3. The van der Waals surface area contributed by atoms with E-state index in [-0.39, 0.29) is 165 Å². The third-order valence-corrected chi connectivity index (χ3v) is 25.3. The Hall–Kier alpha value is -9.56. The molecule has 636 valence electrons. The number of hydrogen-bond donors (Lipinski definition) is 0. The quantitative estimate of drug-likeness (QED) is 0.107. The van der Waals surface area contributed by atoms with Gasteiger partial charge in [0, 0.05) is 187 Å². The van der Waals surface area contributed by atoms with Crippen molar-refractivity contribution < 1.29 is 138 Å². The van der Waals surface area contributed by atoms with Gasteiger partial charge in [-0.15, -0.1) is 99.1 Å². The van der Waals surface area contributed by atoms with Gasteiger partial charge in [0.05, 0.1) is 0 Å². The second kappa shape index (κ2) is 35.2. The number of rotatable bonds is 0. The van der Waals surface area contributed by atoms with E-state index in [1.54, 1.807) is 56.1 Å². The Morgan fingerprint density at radius 2 is 0.632 bits per heavy atom. The summed E-state index contributed by atoms with van der Waals surface area (Å²) in [7, 11) is 0. The zero-order chi connectivity index (χ0) is 82.6. The minimum atomic E-state index is -3.12. The van der Waals surface area contributed by atoms with Crippen LogP contribution in [0.25, 0.3) is 132 Å². The molecule has 6 aliphatic rings. The maximum Gasteiger partial charge on any atom is 0.259 e. The molecule has 10 aromatic heterocycles. The molecule has 0 amide bonds. The largest absolute Gasteiger partial charge is 0.356 e. The summed E-state index contributed by atoms with van der Waals surface area (Å²) in [6, 6.07) is 71.9. The van der Waals surface area contributed by atoms with Crippen molar-refractivity contribution in [1.82, 2.24) is 49.8 Å². The fraction of sp³-hybridized carbons (Fsp3) is 0.181. The number of alkyl halides is 2. The first-order valence-electron chi connectivity index (χ1n) is 39.8. The Morgan fingerprint density at radius 3 is 1.10 bits per heavy atom. The third kappa shape index (κ3) is 14.9. The number of benzene rings is 8. The van der Waals surface area contributed by atoms with Gasteiger partial charge in [0.25, 0.3) is 5.92 Å². The van der Waals surface area contributed by atoms with Crippen molar-refractivity contribution in [2.75, 3.05) is 0 Å². The van der Waals surface area contributed by atoms with E-state index in [0.717, 1.165) is 89.1 Å². The zero-order valence-corrected chi connectivity index (χ0v) is 84.4. The molecule has 6 aliphatic carbocycles. The molecule has 0 saturated heterocycles. The summed E-state index contributed by atoms with van der Waals surface area (Å²) >= 11 is 0. The van der Waals surface area contributed by atoms with Crippen LogP contribution < -0.4 is 0 Å². The molecule has 10 nitrogen and oxygen atoms in total. The van der Waals surface area contributed by atoms with Gasteiger partial charge in [0.2, 0.25) is 0 Å². The number of nitrogens with zero attached hydrogens (tertiary/aromatic N) is 10. The molecular weight excluding hydrogens is 2630 g/mol. The van der Waals surface area contributed by atoms with Crippen LogP contribution >= 0.6 is 0 Å². The molecule has 0 spiro atoms. The summed E-state index contributed by atoms with van der Waals surface area (Å²) < 4.78 is 58.3. The molecule has 8 aromatic carbocycles. The van der Waals surface area contributed by atoms with Crippen molar-refractivity contribution in [1.29, 1.82) is 0 Å². The van der Waals surface area contributed by atoms with E-state index in [4.69, 9.17) is 0 Å². The molecule has 0 N–H and O–H groups in total. The van der Waals surface area contributed by atoms with Gasteiger partial charge in [-0.3, -0.25) is 15.0 Å². The van der Waals surface area contributed by atoms with Crippen molar-refractivity contribution in [2.24, 2.45) is 0 Å². The van der Waals surface area contributed by atoms with Crippen LogP contribution in [0.15, 0.2) is 238 Å². The zero-order valence-electron chi connectivity index (χ0n) is 70.0. The molecule has 20 heteroatoms. The molecule has 10 heterocycles. The van der Waals surface area contributed by atoms with E-state index in [1.807, 2.05) is 61.3 Å². The summed E-state index contributed by atoms with van der Waals surface area (Å²) in [5, 5.41) is 13.2. The van der Waals surface area contributed by atoms with Crippen LogP contribution in [0.3, 0.4) is 0 Å². The molecule has 0 unspecified atom stereocenters. The molecule has 6 radical (unpaired) electrons. The fourth-order valence-corrected chi connectivity index (χ4v) is 19.3. The predicted octanol–water partition coefficient (Wildman–Crippen LogP) is 24.6. The summed E-state index contributed by atoms with van der Waals surface area (Å²) in [4.78, 5) is 43.5. The summed E-state index contributed by atoms with van der Waals surface area (Å²) in [5.74, 6) is -3.44. The van der Waals surface area contributed by atoms with E-state index in [9.17, 15) is 17.6 Å². The molecule has 24 rings (SSSR count). The van der Waals surface area contributed by atoms with Crippen LogP contribution in [0.1, 0.15) is 153 Å². The summed E-state index contributed by atoms with van der Waals surface area (Å²) in [6.07, 6.45) is 21.6. The van der Waals surface area contributed by atoms with E-state index < -0.39 is 11.3 Å². The van der Waals surface area contributed by atoms with Crippen molar-refractivity contribution in [2.45, 2.75) is 123 Å². The van der Waals surface area contributed by atoms with Crippen molar-refractivity contribution in [3.05, 3.63) is 370 Å². The molecule has 125 heavy (non-hydrogen) atoms. The number of fused-ring (bicyclic) bond motifs is 12. The number of pyridine rings is 10. The van der Waals surface area contributed by atoms with Crippen LogP contribution in [0.4, 0.5) is 17.6 Å². The number of hydrogen-bond acceptors (Lipinski definition) is 10. The van der Waals surface area contributed by atoms with Crippen molar-refractivity contribution >= 4 is 64.6 Å². The van der Waals surface area contributed by atoms with Gasteiger partial charge in [-0.05, 0) is 215 Å². The molecule has 18 aromatic rings. The van der Waals surface area contributed by atoms with Gasteiger partial charge in [0.15, 0.2) is 0 Å². The number of aryl methyl sites for hydroxylation is 2. The Bertz CT molecular complexity index is 6810. The van der Waals surface area contributed by atoms with Gasteiger partial charge < -0.3 is 34.9 Å². The van der Waals surface area contributed by atoms with E-state index in [0.29, 0.717) is 38.7 Å². The minimum absolute atomic E-state index is 0. The summed E-state index contributed by atoms with van der Waals surface area (Å²) in [5.41, 5.74) is 23.9. The molecule has 0 saturated carbocycles. The standard InChI is InChI=1S/C20H18N.C19H15FN.C18H13FN.2C17H13N2.C14H6F2N3.6Ir/c1-12-8-9-15-18(13(12)2)20(3,4)16-7-5-6-14-10-11-21-19(15)17(14)16;1-11-7-8-13-16(17(11)20)19(2,3)14-6-4-5-12-9-10-21-18(13)15(12)14;1-18(2)13-7-3-5-11-9-10-20-17(15(11)13)12-6-4-8-14(19)16(12)18;1-17(2)13-7-3-5-11-8-10-18-15(14(11)13)12-6-4-9-19-16(12)17;1-17(2)13-5-3-4-11-6-9-19-16(15(11)13)12-7-8-18-10-14(12)17;15-14(16)10-6-17-3-2-9(10)13-12-8(1-4-19-13)5-18-7-11(12)14;;;;;;/h5-8,10-11H,1-4H3;4-7,9-10H,1-3H3;3-5,7-10H,1-2H3;3-5,7-10H,1-2H3;3-6,8-10H,1-2H3;1,3-7H;;;;;;/q6*-1;;;;;;. The van der Waals surface area contributed by atoms with Crippen LogP contribution in [-0.4, -0.2) is 49.8 Å². The SMILES string of the molecule is CC1(C)c2c([c-]ccc2F)-c2nccc3cccc1c23.CC1(C)c2cnc[c-]c2-c2nccc3cccc1c23.CC1(C)c2ncc[c-]c2-c2nccc3cccc1c23.Cc1c[c-]c2c(c1C)C(C)(C)c1cccc3ccnc-2c13.Cc1c[c-]c2c(c1F)C(C)(C)c1cccc3ccnc-2c13.FC1(F)c2cnc[c-]c2-c2nccc3cncc1c23.[Ir].[Ir].[Ir].[Ir].[Ir].[Ir]. The first-order valence-corrected chi connectivity index (χ1v) is 39.8. The van der Waals surface area contributed by atoms with Gasteiger partial charge in [-0.25, -0.2) is 17.6 Å². The molecular formula is C105H78F4Ir6N10-6. The van der Waals surface area contributed by atoms with Crippen LogP contribution in [0.5, 0.6) is 0 Å². The molecule has 0 fully saturated rings. The normalized spacial score (nSPS) is 14.4. The van der Waals surface area contributed by atoms with Crippen LogP contribution in [-0.2, 0) is 154 Å². The van der Waals surface area contributed by atoms with Crippen molar-refractivity contribution in [3.63, 3.8) is 0 Å². The minimum Gasteiger partial charge on any atom is -0.356 e. The Balaban J connectivity index is 0.000000128. The molecule has 0 aliphatic heterocycles. The van der Waals surface area contributed by atoms with E-state index in [2.05, 4.69) is 272 Å². The number of halogens is 4. The maximum atomic E-state index is 14.8. The van der Waals surface area contributed by atoms with Gasteiger partial charge in [-0.1, -0.05) is 215 Å². The predicted molar refractivity (Wildman–Crippen MR) is 465 cm³/mol. The van der Waals surface area contributed by atoms with Gasteiger partial charge >= 0.3 is 0 Å². The van der Waals surface area contributed by atoms with E-state index >= 15 is 0 Å². The second-order valence-electron chi connectivity index (χ2n) is 33.9. The Morgan fingerprint density at radius 1 is 0.280 bits per heavy atom. The van der Waals surface area contributed by atoms with Crippen LogP contribution in [0.2, 0.25) is 0 Å². The maximum absolute atomic E-state index is 14.8. The summed E-state index contributed by atoms with van der Waals surface area (Å²) in [6.45, 7) is 28.0.